The second-order valence-corrected chi connectivity index (χ2v) is 5.05. The SMILES string of the molecule is ClC1C=C(C2CCCC2)CCCC1. The van der Waals surface area contributed by atoms with Crippen LogP contribution < -0.4 is 0 Å². The van der Waals surface area contributed by atoms with Gasteiger partial charge >= 0.3 is 0 Å². The third-order valence-corrected chi connectivity index (χ3v) is 3.81. The van der Waals surface area contributed by atoms with E-state index in [-0.39, 0.29) is 0 Å². The summed E-state index contributed by atoms with van der Waals surface area (Å²) < 4.78 is 0. The Hall–Kier alpha value is 0.0300. The average Bonchev–Trinajstić information content (AvgIpc) is 2.56. The predicted molar refractivity (Wildman–Crippen MR) is 58.2 cm³/mol. The first kappa shape index (κ1) is 9.58. The summed E-state index contributed by atoms with van der Waals surface area (Å²) >= 11 is 6.22. The van der Waals surface area contributed by atoms with Crippen LogP contribution in [0.15, 0.2) is 11.6 Å². The second-order valence-electron chi connectivity index (χ2n) is 4.48. The fraction of sp³-hybridized carbons (Fsp3) is 0.833. The highest BCUT2D eigenvalue weighted by atomic mass is 35.5. The van der Waals surface area contributed by atoms with Crippen LogP contribution in [0, 0.1) is 5.92 Å². The lowest BCUT2D eigenvalue weighted by atomic mass is 9.94. The van der Waals surface area contributed by atoms with E-state index in [0.29, 0.717) is 5.38 Å². The minimum atomic E-state index is 0.332. The largest absolute Gasteiger partial charge is 0.118 e. The molecular formula is C12H19Cl. The number of allylic oxidation sites excluding steroid dienone is 2. The molecule has 0 saturated heterocycles. The molecule has 13 heavy (non-hydrogen) atoms. The van der Waals surface area contributed by atoms with Gasteiger partial charge in [0, 0.05) is 0 Å². The number of hydrogen-bond donors (Lipinski definition) is 0. The zero-order chi connectivity index (χ0) is 9.10. The summed E-state index contributed by atoms with van der Waals surface area (Å²) in [6, 6.07) is 0. The molecule has 0 aromatic carbocycles. The second kappa shape index (κ2) is 4.50. The number of alkyl halides is 1. The van der Waals surface area contributed by atoms with Crippen molar-refractivity contribution in [1.29, 1.82) is 0 Å². The van der Waals surface area contributed by atoms with Crippen molar-refractivity contribution < 1.29 is 0 Å². The molecule has 0 aliphatic heterocycles. The molecule has 1 fully saturated rings. The Balaban J connectivity index is 2.01. The zero-order valence-corrected chi connectivity index (χ0v) is 9.02. The number of hydrogen-bond acceptors (Lipinski definition) is 0. The van der Waals surface area contributed by atoms with Gasteiger partial charge in [0.05, 0.1) is 5.38 Å². The van der Waals surface area contributed by atoms with E-state index >= 15 is 0 Å². The lowest BCUT2D eigenvalue weighted by molar-refractivity contribution is 0.598. The Morgan fingerprint density at radius 3 is 2.46 bits per heavy atom. The first-order valence-electron chi connectivity index (χ1n) is 5.71. The van der Waals surface area contributed by atoms with Crippen molar-refractivity contribution in [3.63, 3.8) is 0 Å². The molecule has 2 aliphatic carbocycles. The van der Waals surface area contributed by atoms with Crippen LogP contribution >= 0.6 is 11.6 Å². The van der Waals surface area contributed by atoms with Gasteiger partial charge in [-0.15, -0.1) is 11.6 Å². The van der Waals surface area contributed by atoms with Crippen molar-refractivity contribution in [3.05, 3.63) is 11.6 Å². The zero-order valence-electron chi connectivity index (χ0n) is 8.27. The Morgan fingerprint density at radius 2 is 1.69 bits per heavy atom. The van der Waals surface area contributed by atoms with Crippen LogP contribution in [0.4, 0.5) is 0 Å². The number of halogens is 1. The van der Waals surface area contributed by atoms with Crippen LogP contribution in [0.5, 0.6) is 0 Å². The van der Waals surface area contributed by atoms with Gasteiger partial charge in [0.1, 0.15) is 0 Å². The highest BCUT2D eigenvalue weighted by molar-refractivity contribution is 6.21. The normalized spacial score (nSPS) is 31.5. The van der Waals surface area contributed by atoms with Crippen LogP contribution in [0.1, 0.15) is 51.4 Å². The summed E-state index contributed by atoms with van der Waals surface area (Å²) in [5, 5.41) is 0.332. The van der Waals surface area contributed by atoms with Crippen molar-refractivity contribution in [2.24, 2.45) is 5.92 Å². The van der Waals surface area contributed by atoms with E-state index in [0.717, 1.165) is 5.92 Å². The van der Waals surface area contributed by atoms with Crippen LogP contribution in [0.25, 0.3) is 0 Å². The summed E-state index contributed by atoms with van der Waals surface area (Å²) in [4.78, 5) is 0. The Bertz CT molecular complexity index is 189. The Kier molecular flexibility index (Phi) is 3.32. The molecule has 0 radical (unpaired) electrons. The Morgan fingerprint density at radius 1 is 1.00 bits per heavy atom. The first-order valence-corrected chi connectivity index (χ1v) is 6.14. The van der Waals surface area contributed by atoms with Gasteiger partial charge in [0.2, 0.25) is 0 Å². The van der Waals surface area contributed by atoms with Gasteiger partial charge in [-0.05, 0) is 38.0 Å². The van der Waals surface area contributed by atoms with E-state index in [1.54, 1.807) is 5.57 Å². The maximum atomic E-state index is 6.22. The minimum absolute atomic E-state index is 0.332. The molecule has 0 amide bonds. The molecule has 0 aromatic rings. The van der Waals surface area contributed by atoms with Gasteiger partial charge in [-0.25, -0.2) is 0 Å². The highest BCUT2D eigenvalue weighted by Crippen LogP contribution is 2.35. The third kappa shape index (κ3) is 2.49. The summed E-state index contributed by atoms with van der Waals surface area (Å²) in [5.41, 5.74) is 1.69. The summed E-state index contributed by atoms with van der Waals surface area (Å²) in [5.74, 6) is 0.902. The molecule has 0 N–H and O–H groups in total. The summed E-state index contributed by atoms with van der Waals surface area (Å²) in [7, 11) is 0. The van der Waals surface area contributed by atoms with Gasteiger partial charge in [-0.1, -0.05) is 30.9 Å². The number of rotatable bonds is 1. The van der Waals surface area contributed by atoms with Crippen molar-refractivity contribution >= 4 is 11.6 Å². The topological polar surface area (TPSA) is 0 Å². The van der Waals surface area contributed by atoms with Crippen molar-refractivity contribution in [3.8, 4) is 0 Å². The van der Waals surface area contributed by atoms with Crippen LogP contribution in [-0.2, 0) is 0 Å². The van der Waals surface area contributed by atoms with Crippen LogP contribution in [-0.4, -0.2) is 5.38 Å². The van der Waals surface area contributed by atoms with E-state index in [1.165, 1.54) is 51.4 Å². The fourth-order valence-corrected chi connectivity index (χ4v) is 3.02. The third-order valence-electron chi connectivity index (χ3n) is 3.47. The molecule has 0 bridgehead atoms. The molecular weight excluding hydrogens is 180 g/mol. The summed E-state index contributed by atoms with van der Waals surface area (Å²) in [6.45, 7) is 0. The lowest BCUT2D eigenvalue weighted by Crippen LogP contribution is -2.00. The van der Waals surface area contributed by atoms with Crippen molar-refractivity contribution in [2.75, 3.05) is 0 Å². The lowest BCUT2D eigenvalue weighted by Gasteiger charge is -2.13. The molecule has 2 aliphatic rings. The van der Waals surface area contributed by atoms with Crippen molar-refractivity contribution in [1.82, 2.24) is 0 Å². The van der Waals surface area contributed by atoms with Gasteiger partial charge in [-0.3, -0.25) is 0 Å². The van der Waals surface area contributed by atoms with Gasteiger partial charge in [0.25, 0.3) is 0 Å². The maximum Gasteiger partial charge on any atom is 0.0518 e. The predicted octanol–water partition coefficient (Wildman–Crippen LogP) is 4.28. The monoisotopic (exact) mass is 198 g/mol. The maximum absolute atomic E-state index is 6.22. The average molecular weight is 199 g/mol. The van der Waals surface area contributed by atoms with Gasteiger partial charge < -0.3 is 0 Å². The molecule has 1 heteroatoms. The molecule has 1 atom stereocenters. The molecule has 0 nitrogen and oxygen atoms in total. The molecule has 0 aromatic heterocycles. The standard InChI is InChI=1S/C12H19Cl/c13-12-8-4-3-7-11(9-12)10-5-1-2-6-10/h9-10,12H,1-8H2. The van der Waals surface area contributed by atoms with Crippen LogP contribution in [0.3, 0.4) is 0 Å². The molecule has 74 valence electrons. The quantitative estimate of drug-likeness (QED) is 0.436. The molecule has 1 unspecified atom stereocenters. The van der Waals surface area contributed by atoms with E-state index in [1.807, 2.05) is 0 Å². The first-order chi connectivity index (χ1) is 6.36. The van der Waals surface area contributed by atoms with Crippen molar-refractivity contribution in [2.45, 2.75) is 56.7 Å². The van der Waals surface area contributed by atoms with Gasteiger partial charge in [0.15, 0.2) is 0 Å². The van der Waals surface area contributed by atoms with E-state index in [2.05, 4.69) is 6.08 Å². The molecule has 0 heterocycles. The van der Waals surface area contributed by atoms with E-state index in [4.69, 9.17) is 11.6 Å². The van der Waals surface area contributed by atoms with E-state index < -0.39 is 0 Å². The summed E-state index contributed by atoms with van der Waals surface area (Å²) in [6.07, 6.45) is 13.3. The van der Waals surface area contributed by atoms with Crippen LogP contribution in [0.2, 0.25) is 0 Å². The molecule has 0 spiro atoms. The van der Waals surface area contributed by atoms with E-state index in [9.17, 15) is 0 Å². The smallest absolute Gasteiger partial charge is 0.0518 e. The minimum Gasteiger partial charge on any atom is -0.118 e. The molecule has 1 saturated carbocycles. The Labute approximate surface area is 86.4 Å². The highest BCUT2D eigenvalue weighted by Gasteiger charge is 2.21. The van der Waals surface area contributed by atoms with Gasteiger partial charge in [-0.2, -0.15) is 0 Å². The molecule has 2 rings (SSSR count). The fourth-order valence-electron chi connectivity index (χ4n) is 2.70.